The minimum atomic E-state index is -4.33. The van der Waals surface area contributed by atoms with Gasteiger partial charge in [-0.3, -0.25) is 0 Å². The van der Waals surface area contributed by atoms with Crippen molar-refractivity contribution in [2.75, 3.05) is 16.8 Å². The number of benzene rings is 1. The van der Waals surface area contributed by atoms with Gasteiger partial charge in [0.05, 0.1) is 11.3 Å². The Hall–Kier alpha value is -3.16. The number of pyridine rings is 1. The van der Waals surface area contributed by atoms with Gasteiger partial charge in [0, 0.05) is 37.8 Å². The zero-order valence-corrected chi connectivity index (χ0v) is 15.9. The van der Waals surface area contributed by atoms with Gasteiger partial charge in [-0.25, -0.2) is 15.0 Å². The van der Waals surface area contributed by atoms with E-state index >= 15 is 0 Å². The predicted octanol–water partition coefficient (Wildman–Crippen LogP) is 4.37. The number of aromatic nitrogens is 3. The highest BCUT2D eigenvalue weighted by Gasteiger charge is 2.30. The normalized spacial score (nSPS) is 13.9. The summed E-state index contributed by atoms with van der Waals surface area (Å²) in [6.45, 7) is 3.82. The molecule has 0 spiro atoms. The monoisotopic (exact) mass is 399 g/mol. The Labute approximate surface area is 166 Å². The number of nitrogens with zero attached hydrogens (tertiary/aromatic N) is 4. The van der Waals surface area contributed by atoms with Crippen molar-refractivity contribution in [1.29, 1.82) is 0 Å². The molecule has 8 heteroatoms. The maximum atomic E-state index is 12.7. The van der Waals surface area contributed by atoms with Crippen molar-refractivity contribution in [1.82, 2.24) is 15.0 Å². The maximum absolute atomic E-state index is 12.7. The van der Waals surface area contributed by atoms with E-state index in [1.165, 1.54) is 18.5 Å². The van der Waals surface area contributed by atoms with E-state index in [0.717, 1.165) is 53.3 Å². The van der Waals surface area contributed by atoms with Crippen LogP contribution in [0.4, 0.5) is 24.8 Å². The molecule has 1 aliphatic rings. The lowest BCUT2D eigenvalue weighted by molar-refractivity contribution is -0.137. The molecule has 0 fully saturated rings. The van der Waals surface area contributed by atoms with Crippen LogP contribution in [0.25, 0.3) is 0 Å². The average molecular weight is 399 g/mol. The third-order valence-corrected chi connectivity index (χ3v) is 4.96. The number of anilines is 2. The summed E-state index contributed by atoms with van der Waals surface area (Å²) in [4.78, 5) is 15.4. The fourth-order valence-corrected chi connectivity index (χ4v) is 3.33. The highest BCUT2D eigenvalue weighted by Crippen LogP contribution is 2.30. The van der Waals surface area contributed by atoms with Gasteiger partial charge >= 0.3 is 6.18 Å². The molecule has 3 heterocycles. The standard InChI is InChI=1S/C21H20F3N5/c1-14-2-7-19(25-10-14)29-9-8-18-17(12-29)20(28-13-27-18)26-11-15-3-5-16(6-4-15)21(22,23)24/h2-7,10,13H,8-9,11-12H2,1H3,(H,26,27,28). The number of hydrogen-bond donors (Lipinski definition) is 1. The Bertz CT molecular complexity index is 985. The van der Waals surface area contributed by atoms with Crippen LogP contribution in [-0.2, 0) is 25.7 Å². The summed E-state index contributed by atoms with van der Waals surface area (Å²) in [6.07, 6.45) is -0.183. The van der Waals surface area contributed by atoms with Crippen LogP contribution in [0.5, 0.6) is 0 Å². The van der Waals surface area contributed by atoms with E-state index in [4.69, 9.17) is 0 Å². The first-order valence-electron chi connectivity index (χ1n) is 9.30. The highest BCUT2D eigenvalue weighted by atomic mass is 19.4. The van der Waals surface area contributed by atoms with Crippen LogP contribution < -0.4 is 10.2 Å². The number of fused-ring (bicyclic) bond motifs is 1. The SMILES string of the molecule is Cc1ccc(N2CCc3ncnc(NCc4ccc(C(F)(F)F)cc4)c3C2)nc1. The van der Waals surface area contributed by atoms with Crippen LogP contribution in [0, 0.1) is 6.92 Å². The molecule has 0 radical (unpaired) electrons. The average Bonchev–Trinajstić information content (AvgIpc) is 2.72. The summed E-state index contributed by atoms with van der Waals surface area (Å²) in [7, 11) is 0. The van der Waals surface area contributed by atoms with E-state index in [-0.39, 0.29) is 0 Å². The molecule has 1 N–H and O–H groups in total. The smallest absolute Gasteiger partial charge is 0.366 e. The van der Waals surface area contributed by atoms with E-state index in [9.17, 15) is 13.2 Å². The van der Waals surface area contributed by atoms with Gasteiger partial charge in [0.1, 0.15) is 18.0 Å². The largest absolute Gasteiger partial charge is 0.416 e. The minimum Gasteiger partial charge on any atom is -0.366 e. The summed E-state index contributed by atoms with van der Waals surface area (Å²) in [5, 5.41) is 3.25. The number of nitrogens with one attached hydrogen (secondary N) is 1. The van der Waals surface area contributed by atoms with Crippen LogP contribution in [0.1, 0.15) is 27.9 Å². The molecule has 0 unspecified atom stereocenters. The summed E-state index contributed by atoms with van der Waals surface area (Å²) in [6, 6.07) is 9.18. The Morgan fingerprint density at radius 1 is 1.03 bits per heavy atom. The zero-order valence-electron chi connectivity index (χ0n) is 15.9. The molecule has 150 valence electrons. The second-order valence-corrected chi connectivity index (χ2v) is 7.06. The van der Waals surface area contributed by atoms with Crippen molar-refractivity contribution >= 4 is 11.6 Å². The van der Waals surface area contributed by atoms with E-state index < -0.39 is 11.7 Å². The Morgan fingerprint density at radius 2 is 1.83 bits per heavy atom. The first-order chi connectivity index (χ1) is 13.9. The maximum Gasteiger partial charge on any atom is 0.416 e. The molecular weight excluding hydrogens is 379 g/mol. The summed E-state index contributed by atoms with van der Waals surface area (Å²) in [5.74, 6) is 1.60. The van der Waals surface area contributed by atoms with Gasteiger partial charge in [-0.1, -0.05) is 18.2 Å². The lowest BCUT2D eigenvalue weighted by atomic mass is 10.1. The molecular formula is C21H20F3N5. The van der Waals surface area contributed by atoms with Crippen LogP contribution in [-0.4, -0.2) is 21.5 Å². The lowest BCUT2D eigenvalue weighted by Crippen LogP contribution is -2.32. The molecule has 2 aromatic heterocycles. The van der Waals surface area contributed by atoms with Crippen LogP contribution in [0.3, 0.4) is 0 Å². The van der Waals surface area contributed by atoms with Crippen LogP contribution in [0.15, 0.2) is 48.9 Å². The van der Waals surface area contributed by atoms with E-state index in [1.54, 1.807) is 0 Å². The first kappa shape index (κ1) is 19.2. The molecule has 0 saturated carbocycles. The van der Waals surface area contributed by atoms with Gasteiger partial charge in [0.2, 0.25) is 0 Å². The molecule has 4 rings (SSSR count). The fourth-order valence-electron chi connectivity index (χ4n) is 3.33. The number of hydrogen-bond acceptors (Lipinski definition) is 5. The van der Waals surface area contributed by atoms with E-state index in [0.29, 0.717) is 18.9 Å². The predicted molar refractivity (Wildman–Crippen MR) is 105 cm³/mol. The van der Waals surface area contributed by atoms with Crippen LogP contribution in [0.2, 0.25) is 0 Å². The molecule has 5 nitrogen and oxygen atoms in total. The molecule has 29 heavy (non-hydrogen) atoms. The summed E-state index contributed by atoms with van der Waals surface area (Å²) >= 11 is 0. The van der Waals surface area contributed by atoms with Gasteiger partial charge in [-0.15, -0.1) is 0 Å². The van der Waals surface area contributed by atoms with Crippen molar-refractivity contribution < 1.29 is 13.2 Å². The fraction of sp³-hybridized carbons (Fsp3) is 0.286. The molecule has 0 atom stereocenters. The molecule has 1 aromatic carbocycles. The third kappa shape index (κ3) is 4.31. The summed E-state index contributed by atoms with van der Waals surface area (Å²) < 4.78 is 38.1. The quantitative estimate of drug-likeness (QED) is 0.706. The Kier molecular flexibility index (Phi) is 5.08. The molecule has 0 saturated heterocycles. The van der Waals surface area contributed by atoms with Gasteiger partial charge in [0.25, 0.3) is 0 Å². The topological polar surface area (TPSA) is 53.9 Å². The lowest BCUT2D eigenvalue weighted by Gasteiger charge is -2.30. The van der Waals surface area contributed by atoms with Crippen molar-refractivity contribution in [3.63, 3.8) is 0 Å². The van der Waals surface area contributed by atoms with Crippen LogP contribution >= 0.6 is 0 Å². The number of rotatable bonds is 4. The van der Waals surface area contributed by atoms with E-state index in [1.807, 2.05) is 25.3 Å². The second-order valence-electron chi connectivity index (χ2n) is 7.06. The Balaban J connectivity index is 1.49. The molecule has 0 amide bonds. The van der Waals surface area contributed by atoms with Gasteiger partial charge in [0.15, 0.2) is 0 Å². The molecule has 0 bridgehead atoms. The molecule has 3 aromatic rings. The number of aryl methyl sites for hydroxylation is 1. The summed E-state index contributed by atoms with van der Waals surface area (Å²) in [5.41, 5.74) is 3.18. The number of halogens is 3. The van der Waals surface area contributed by atoms with Crippen molar-refractivity contribution in [2.45, 2.75) is 32.6 Å². The molecule has 0 aliphatic carbocycles. The zero-order chi connectivity index (χ0) is 20.4. The van der Waals surface area contributed by atoms with Crippen molar-refractivity contribution in [2.24, 2.45) is 0 Å². The molecule has 1 aliphatic heterocycles. The second kappa shape index (κ2) is 7.69. The van der Waals surface area contributed by atoms with Crippen molar-refractivity contribution in [3.05, 3.63) is 76.9 Å². The third-order valence-electron chi connectivity index (χ3n) is 4.96. The Morgan fingerprint density at radius 3 is 2.52 bits per heavy atom. The van der Waals surface area contributed by atoms with Gasteiger partial charge in [-0.05, 0) is 36.2 Å². The van der Waals surface area contributed by atoms with Crippen molar-refractivity contribution in [3.8, 4) is 0 Å². The first-order valence-corrected chi connectivity index (χ1v) is 9.30. The van der Waals surface area contributed by atoms with Gasteiger partial charge < -0.3 is 10.2 Å². The van der Waals surface area contributed by atoms with E-state index in [2.05, 4.69) is 25.2 Å². The number of alkyl halides is 3. The van der Waals surface area contributed by atoms with Gasteiger partial charge in [-0.2, -0.15) is 13.2 Å². The highest BCUT2D eigenvalue weighted by molar-refractivity contribution is 5.52. The minimum absolute atomic E-state index is 0.379.